The van der Waals surface area contributed by atoms with Crippen LogP contribution >= 0.6 is 0 Å². The van der Waals surface area contributed by atoms with Crippen molar-refractivity contribution in [2.75, 3.05) is 13.2 Å². The maximum Gasteiger partial charge on any atom is 0.138 e. The SMILES string of the molecule is Cc1cc(CN(CCO)C2CCc3ccccc32)ccc1-n1cncn1. The molecule has 1 atom stereocenters. The molecule has 2 aromatic carbocycles. The zero-order valence-corrected chi connectivity index (χ0v) is 15.0. The first-order valence-electron chi connectivity index (χ1n) is 9.13. The van der Waals surface area contributed by atoms with Crippen LogP contribution in [0.5, 0.6) is 0 Å². The number of fused-ring (bicyclic) bond motifs is 1. The molecule has 1 unspecified atom stereocenters. The topological polar surface area (TPSA) is 54.2 Å². The molecule has 4 rings (SSSR count). The fourth-order valence-corrected chi connectivity index (χ4v) is 4.03. The van der Waals surface area contributed by atoms with Gasteiger partial charge in [-0.15, -0.1) is 0 Å². The minimum Gasteiger partial charge on any atom is -0.395 e. The van der Waals surface area contributed by atoms with Crippen molar-refractivity contribution in [3.05, 3.63) is 77.4 Å². The Labute approximate surface area is 153 Å². The molecule has 1 aliphatic carbocycles. The Balaban J connectivity index is 1.57. The van der Waals surface area contributed by atoms with E-state index in [-0.39, 0.29) is 6.61 Å². The van der Waals surface area contributed by atoms with Crippen molar-refractivity contribution in [1.29, 1.82) is 0 Å². The van der Waals surface area contributed by atoms with Crippen molar-refractivity contribution in [1.82, 2.24) is 19.7 Å². The van der Waals surface area contributed by atoms with Gasteiger partial charge in [-0.3, -0.25) is 4.90 Å². The molecule has 0 saturated carbocycles. The molecule has 0 saturated heterocycles. The fraction of sp³-hybridized carbons (Fsp3) is 0.333. The molecule has 3 aromatic rings. The van der Waals surface area contributed by atoms with Gasteiger partial charge in [0.05, 0.1) is 12.3 Å². The highest BCUT2D eigenvalue weighted by atomic mass is 16.3. The van der Waals surface area contributed by atoms with Crippen LogP contribution in [0.1, 0.15) is 34.7 Å². The Morgan fingerprint density at radius 2 is 2.12 bits per heavy atom. The summed E-state index contributed by atoms with van der Waals surface area (Å²) in [5.41, 5.74) is 6.33. The summed E-state index contributed by atoms with van der Waals surface area (Å²) in [6.45, 7) is 3.79. The third-order valence-electron chi connectivity index (χ3n) is 5.24. The van der Waals surface area contributed by atoms with Crippen LogP contribution in [-0.4, -0.2) is 37.9 Å². The maximum absolute atomic E-state index is 9.59. The number of nitrogens with zero attached hydrogens (tertiary/aromatic N) is 4. The molecule has 0 bridgehead atoms. The summed E-state index contributed by atoms with van der Waals surface area (Å²) in [4.78, 5) is 6.42. The molecule has 134 valence electrons. The highest BCUT2D eigenvalue weighted by Gasteiger charge is 2.27. The van der Waals surface area contributed by atoms with Crippen molar-refractivity contribution < 1.29 is 5.11 Å². The third-order valence-corrected chi connectivity index (χ3v) is 5.24. The van der Waals surface area contributed by atoms with Gasteiger partial charge in [0.25, 0.3) is 0 Å². The van der Waals surface area contributed by atoms with E-state index in [4.69, 9.17) is 0 Å². The van der Waals surface area contributed by atoms with E-state index in [1.165, 1.54) is 22.3 Å². The second kappa shape index (κ2) is 7.40. The average molecular weight is 348 g/mol. The molecular formula is C21H24N4O. The Morgan fingerprint density at radius 1 is 1.23 bits per heavy atom. The molecule has 0 amide bonds. The highest BCUT2D eigenvalue weighted by Crippen LogP contribution is 2.36. The van der Waals surface area contributed by atoms with Crippen LogP contribution < -0.4 is 0 Å². The van der Waals surface area contributed by atoms with Crippen LogP contribution in [0, 0.1) is 6.92 Å². The number of rotatable bonds is 6. The van der Waals surface area contributed by atoms with E-state index in [0.29, 0.717) is 12.6 Å². The largest absolute Gasteiger partial charge is 0.395 e. The Hall–Kier alpha value is -2.50. The normalized spacial score (nSPS) is 16.2. The minimum absolute atomic E-state index is 0.175. The van der Waals surface area contributed by atoms with E-state index in [1.54, 1.807) is 17.3 Å². The second-order valence-corrected chi connectivity index (χ2v) is 6.91. The molecule has 1 aromatic heterocycles. The van der Waals surface area contributed by atoms with Gasteiger partial charge in [0.2, 0.25) is 0 Å². The van der Waals surface area contributed by atoms with Crippen molar-refractivity contribution in [3.8, 4) is 5.69 Å². The van der Waals surface area contributed by atoms with Gasteiger partial charge in [0.1, 0.15) is 12.7 Å². The van der Waals surface area contributed by atoms with Gasteiger partial charge in [-0.2, -0.15) is 5.10 Å². The van der Waals surface area contributed by atoms with Crippen LogP contribution in [0.15, 0.2) is 55.1 Å². The van der Waals surface area contributed by atoms with Crippen LogP contribution in [-0.2, 0) is 13.0 Å². The summed E-state index contributed by atoms with van der Waals surface area (Å²) in [5, 5.41) is 13.8. The highest BCUT2D eigenvalue weighted by molar-refractivity contribution is 5.42. The van der Waals surface area contributed by atoms with Gasteiger partial charge >= 0.3 is 0 Å². The number of hydrogen-bond acceptors (Lipinski definition) is 4. The molecule has 1 N–H and O–H groups in total. The Kier molecular flexibility index (Phi) is 4.82. The van der Waals surface area contributed by atoms with Gasteiger partial charge in [-0.25, -0.2) is 9.67 Å². The Bertz CT molecular complexity index is 875. The number of aliphatic hydroxyl groups excluding tert-OH is 1. The fourth-order valence-electron chi connectivity index (χ4n) is 4.03. The minimum atomic E-state index is 0.175. The van der Waals surface area contributed by atoms with Gasteiger partial charge in [0.15, 0.2) is 0 Å². The third kappa shape index (κ3) is 3.28. The van der Waals surface area contributed by atoms with E-state index >= 15 is 0 Å². The molecule has 1 aliphatic rings. The zero-order chi connectivity index (χ0) is 17.9. The molecule has 0 radical (unpaired) electrons. The van der Waals surface area contributed by atoms with Crippen LogP contribution in [0.3, 0.4) is 0 Å². The summed E-state index contributed by atoms with van der Waals surface area (Å²) in [5.74, 6) is 0. The number of aliphatic hydroxyl groups is 1. The molecule has 0 spiro atoms. The molecular weight excluding hydrogens is 324 g/mol. The summed E-state index contributed by atoms with van der Waals surface area (Å²) in [6, 6.07) is 15.5. The molecule has 26 heavy (non-hydrogen) atoms. The van der Waals surface area contributed by atoms with E-state index in [0.717, 1.165) is 25.1 Å². The van der Waals surface area contributed by atoms with Gasteiger partial charge in [-0.1, -0.05) is 36.4 Å². The van der Waals surface area contributed by atoms with E-state index in [2.05, 4.69) is 64.4 Å². The lowest BCUT2D eigenvalue weighted by Crippen LogP contribution is -2.30. The van der Waals surface area contributed by atoms with Crippen molar-refractivity contribution >= 4 is 0 Å². The molecule has 0 fully saturated rings. The standard InChI is InChI=1S/C21H24N4O/c1-16-12-17(6-8-20(16)25-15-22-14-23-25)13-24(10-11-26)21-9-7-18-4-2-3-5-19(18)21/h2-6,8,12,14-15,21,26H,7,9-11,13H2,1H3. The quantitative estimate of drug-likeness (QED) is 0.744. The molecule has 5 heteroatoms. The monoisotopic (exact) mass is 348 g/mol. The first-order chi connectivity index (χ1) is 12.8. The molecule has 0 aliphatic heterocycles. The van der Waals surface area contributed by atoms with Crippen molar-refractivity contribution in [2.24, 2.45) is 0 Å². The smallest absolute Gasteiger partial charge is 0.138 e. The molecule has 1 heterocycles. The maximum atomic E-state index is 9.59. The van der Waals surface area contributed by atoms with Crippen LogP contribution in [0.25, 0.3) is 5.69 Å². The summed E-state index contributed by atoms with van der Waals surface area (Å²) in [7, 11) is 0. The lowest BCUT2D eigenvalue weighted by atomic mass is 10.0. The molecule has 5 nitrogen and oxygen atoms in total. The second-order valence-electron chi connectivity index (χ2n) is 6.91. The number of aromatic nitrogens is 3. The zero-order valence-electron chi connectivity index (χ0n) is 15.0. The lowest BCUT2D eigenvalue weighted by Gasteiger charge is -2.29. The lowest BCUT2D eigenvalue weighted by molar-refractivity contribution is 0.143. The van der Waals surface area contributed by atoms with Crippen LogP contribution in [0.4, 0.5) is 0 Å². The number of hydrogen-bond donors (Lipinski definition) is 1. The number of aryl methyl sites for hydroxylation is 2. The number of benzene rings is 2. The average Bonchev–Trinajstić information content (AvgIpc) is 3.31. The van der Waals surface area contributed by atoms with E-state index in [9.17, 15) is 5.11 Å². The van der Waals surface area contributed by atoms with Gasteiger partial charge < -0.3 is 5.11 Å². The van der Waals surface area contributed by atoms with Crippen LogP contribution in [0.2, 0.25) is 0 Å². The predicted molar refractivity (Wildman–Crippen MR) is 101 cm³/mol. The van der Waals surface area contributed by atoms with E-state index < -0.39 is 0 Å². The van der Waals surface area contributed by atoms with Crippen molar-refractivity contribution in [3.63, 3.8) is 0 Å². The van der Waals surface area contributed by atoms with Crippen molar-refractivity contribution in [2.45, 2.75) is 32.4 Å². The van der Waals surface area contributed by atoms with Gasteiger partial charge in [-0.05, 0) is 48.1 Å². The summed E-state index contributed by atoms with van der Waals surface area (Å²) < 4.78 is 1.79. The Morgan fingerprint density at radius 3 is 2.88 bits per heavy atom. The summed E-state index contributed by atoms with van der Waals surface area (Å²) >= 11 is 0. The first-order valence-corrected chi connectivity index (χ1v) is 9.13. The predicted octanol–water partition coefficient (Wildman–Crippen LogP) is 3.06. The first kappa shape index (κ1) is 16.9. The van der Waals surface area contributed by atoms with Gasteiger partial charge in [0, 0.05) is 19.1 Å². The summed E-state index contributed by atoms with van der Waals surface area (Å²) in [6.07, 6.45) is 5.51. The van der Waals surface area contributed by atoms with E-state index in [1.807, 2.05) is 0 Å².